The largest absolute Gasteiger partial charge is 0.508 e. The fourth-order valence-electron chi connectivity index (χ4n) is 3.42. The molecule has 2 aromatic rings. The number of ether oxygens (including phenoxy) is 1. The lowest BCUT2D eigenvalue weighted by molar-refractivity contribution is -0.0701. The topological polar surface area (TPSA) is 91.6 Å². The summed E-state index contributed by atoms with van der Waals surface area (Å²) >= 11 is 0. The first kappa shape index (κ1) is 17.4. The van der Waals surface area contributed by atoms with Crippen LogP contribution in [0.4, 0.5) is 0 Å². The molecule has 1 amide bonds. The Labute approximate surface area is 156 Å². The summed E-state index contributed by atoms with van der Waals surface area (Å²) < 4.78 is 5.69. The summed E-state index contributed by atoms with van der Waals surface area (Å²) in [5, 5.41) is 23.7. The van der Waals surface area contributed by atoms with Crippen LogP contribution in [-0.2, 0) is 9.57 Å². The average Bonchev–Trinajstić information content (AvgIpc) is 2.96. The number of carbonyl (C=O) groups excluding carboxylic acids is 1. The van der Waals surface area contributed by atoms with Gasteiger partial charge < -0.3 is 24.7 Å². The summed E-state index contributed by atoms with van der Waals surface area (Å²) in [5.74, 6) is -0.693. The molecule has 2 aromatic carbocycles. The van der Waals surface area contributed by atoms with Crippen molar-refractivity contribution in [1.82, 2.24) is 4.90 Å². The zero-order valence-corrected chi connectivity index (χ0v) is 14.7. The Morgan fingerprint density at radius 3 is 2.74 bits per heavy atom. The normalized spacial score (nSPS) is 22.2. The first-order valence-electron chi connectivity index (χ1n) is 8.76. The molecule has 7 heteroatoms. The first-order chi connectivity index (χ1) is 13.1. The molecule has 2 aliphatic heterocycles. The van der Waals surface area contributed by atoms with Gasteiger partial charge in [0, 0.05) is 19.0 Å². The van der Waals surface area contributed by atoms with Crippen molar-refractivity contribution in [2.24, 2.45) is 5.16 Å². The van der Waals surface area contributed by atoms with Crippen LogP contribution < -0.4 is 0 Å². The second kappa shape index (κ2) is 6.92. The Morgan fingerprint density at radius 2 is 1.96 bits per heavy atom. The number of hydrogen-bond acceptors (Lipinski definition) is 6. The van der Waals surface area contributed by atoms with Gasteiger partial charge in [-0.25, -0.2) is 0 Å². The maximum atomic E-state index is 12.9. The van der Waals surface area contributed by atoms with Crippen LogP contribution in [0.25, 0.3) is 0 Å². The molecule has 1 spiro atoms. The number of benzene rings is 2. The summed E-state index contributed by atoms with van der Waals surface area (Å²) in [4.78, 5) is 20.3. The molecule has 1 atom stereocenters. The Hall–Kier alpha value is -3.06. The number of aromatic hydroxyl groups is 2. The van der Waals surface area contributed by atoms with E-state index in [0.29, 0.717) is 32.7 Å². The molecule has 7 nitrogen and oxygen atoms in total. The number of oxime groups is 1. The van der Waals surface area contributed by atoms with E-state index in [9.17, 15) is 15.0 Å². The van der Waals surface area contributed by atoms with Crippen LogP contribution in [0.3, 0.4) is 0 Å². The van der Waals surface area contributed by atoms with Gasteiger partial charge in [-0.15, -0.1) is 0 Å². The van der Waals surface area contributed by atoms with E-state index in [2.05, 4.69) is 5.16 Å². The van der Waals surface area contributed by atoms with Gasteiger partial charge in [0.05, 0.1) is 31.0 Å². The summed E-state index contributed by atoms with van der Waals surface area (Å²) in [6.07, 6.45) is 0.530. The van der Waals surface area contributed by atoms with E-state index in [1.807, 2.05) is 30.3 Å². The number of phenolic OH excluding ortho intramolecular Hbond substituents is 2. The highest BCUT2D eigenvalue weighted by Crippen LogP contribution is 2.31. The number of rotatable bonds is 2. The Bertz CT molecular complexity index is 883. The molecular weight excluding hydrogens is 348 g/mol. The van der Waals surface area contributed by atoms with Crippen molar-refractivity contribution in [3.05, 3.63) is 59.7 Å². The van der Waals surface area contributed by atoms with Gasteiger partial charge in [-0.3, -0.25) is 4.79 Å². The molecule has 27 heavy (non-hydrogen) atoms. The van der Waals surface area contributed by atoms with Gasteiger partial charge in [0.25, 0.3) is 5.91 Å². The molecular formula is C20H20N2O5. The Morgan fingerprint density at radius 1 is 1.15 bits per heavy atom. The molecule has 0 aromatic heterocycles. The molecule has 1 unspecified atom stereocenters. The van der Waals surface area contributed by atoms with E-state index in [4.69, 9.17) is 9.57 Å². The molecule has 4 rings (SSSR count). The quantitative estimate of drug-likeness (QED) is 0.847. The van der Waals surface area contributed by atoms with E-state index in [1.165, 1.54) is 12.1 Å². The van der Waals surface area contributed by atoms with Crippen LogP contribution in [0.1, 0.15) is 22.3 Å². The third kappa shape index (κ3) is 3.46. The van der Waals surface area contributed by atoms with Crippen LogP contribution >= 0.6 is 0 Å². The highest BCUT2D eigenvalue weighted by molar-refractivity contribution is 6.02. The number of phenols is 2. The minimum absolute atomic E-state index is 0.0975. The molecule has 0 radical (unpaired) electrons. The van der Waals surface area contributed by atoms with Crippen LogP contribution in [0.5, 0.6) is 11.5 Å². The van der Waals surface area contributed by atoms with Crippen LogP contribution in [0.2, 0.25) is 0 Å². The highest BCUT2D eigenvalue weighted by atomic mass is 16.7. The number of nitrogens with zero attached hydrogens (tertiary/aromatic N) is 2. The predicted octanol–water partition coefficient (Wildman–Crippen LogP) is 2.13. The first-order valence-corrected chi connectivity index (χ1v) is 8.76. The van der Waals surface area contributed by atoms with Gasteiger partial charge in [0.1, 0.15) is 11.5 Å². The van der Waals surface area contributed by atoms with E-state index in [0.717, 1.165) is 17.3 Å². The van der Waals surface area contributed by atoms with Crippen LogP contribution in [-0.4, -0.2) is 58.6 Å². The molecule has 2 aliphatic rings. The van der Waals surface area contributed by atoms with Crippen molar-refractivity contribution >= 4 is 11.6 Å². The average molecular weight is 368 g/mol. The number of carbonyl (C=O) groups is 1. The summed E-state index contributed by atoms with van der Waals surface area (Å²) in [6, 6.07) is 13.7. The summed E-state index contributed by atoms with van der Waals surface area (Å²) in [6.45, 7) is 1.38. The lowest BCUT2D eigenvalue weighted by Crippen LogP contribution is -2.46. The van der Waals surface area contributed by atoms with Crippen molar-refractivity contribution in [3.63, 3.8) is 0 Å². The van der Waals surface area contributed by atoms with Crippen LogP contribution in [0, 0.1) is 0 Å². The predicted molar refractivity (Wildman–Crippen MR) is 97.9 cm³/mol. The Balaban J connectivity index is 1.54. The second-order valence-electron chi connectivity index (χ2n) is 6.84. The molecule has 1 fully saturated rings. The Kier molecular flexibility index (Phi) is 4.45. The monoisotopic (exact) mass is 368 g/mol. The third-order valence-electron chi connectivity index (χ3n) is 4.79. The molecule has 1 saturated heterocycles. The molecule has 2 heterocycles. The van der Waals surface area contributed by atoms with Crippen molar-refractivity contribution in [2.75, 3.05) is 26.3 Å². The lowest BCUT2D eigenvalue weighted by atomic mass is 9.94. The second-order valence-corrected chi connectivity index (χ2v) is 6.84. The maximum absolute atomic E-state index is 12.9. The van der Waals surface area contributed by atoms with Gasteiger partial charge in [-0.05, 0) is 17.7 Å². The van der Waals surface area contributed by atoms with Gasteiger partial charge in [-0.2, -0.15) is 0 Å². The highest BCUT2D eigenvalue weighted by Gasteiger charge is 2.44. The SMILES string of the molecule is O=C(c1ccc(O)cc1O)N1CCOCC2(CC(c3ccccc3)=NO2)C1. The minimum Gasteiger partial charge on any atom is -0.508 e. The summed E-state index contributed by atoms with van der Waals surface area (Å²) in [5.41, 5.74) is 1.19. The molecule has 2 N–H and O–H groups in total. The van der Waals surface area contributed by atoms with Gasteiger partial charge in [0.15, 0.2) is 5.60 Å². The minimum atomic E-state index is -0.746. The van der Waals surface area contributed by atoms with E-state index >= 15 is 0 Å². The van der Waals surface area contributed by atoms with Gasteiger partial charge in [0.2, 0.25) is 0 Å². The zero-order chi connectivity index (χ0) is 18.9. The van der Waals surface area contributed by atoms with Crippen molar-refractivity contribution in [2.45, 2.75) is 12.0 Å². The van der Waals surface area contributed by atoms with Gasteiger partial charge in [-0.1, -0.05) is 35.5 Å². The zero-order valence-electron chi connectivity index (χ0n) is 14.7. The molecule has 140 valence electrons. The number of hydrogen-bond donors (Lipinski definition) is 2. The fraction of sp³-hybridized carbons (Fsp3) is 0.300. The smallest absolute Gasteiger partial charge is 0.257 e. The third-order valence-corrected chi connectivity index (χ3v) is 4.79. The van der Waals surface area contributed by atoms with Crippen molar-refractivity contribution < 1.29 is 24.6 Å². The van der Waals surface area contributed by atoms with E-state index in [-0.39, 0.29) is 23.0 Å². The van der Waals surface area contributed by atoms with Crippen molar-refractivity contribution in [3.8, 4) is 11.5 Å². The molecule has 0 aliphatic carbocycles. The summed E-state index contributed by atoms with van der Waals surface area (Å²) in [7, 11) is 0. The lowest BCUT2D eigenvalue weighted by Gasteiger charge is -2.29. The van der Waals surface area contributed by atoms with Crippen LogP contribution in [0.15, 0.2) is 53.7 Å². The molecule has 0 bridgehead atoms. The standard InChI is InChI=1S/C20H20N2O5/c23-15-6-7-16(18(24)10-15)19(25)22-8-9-26-13-20(12-22)11-17(21-27-20)14-4-2-1-3-5-14/h1-7,10,23-24H,8-9,11-13H2. The van der Waals surface area contributed by atoms with Gasteiger partial charge >= 0.3 is 0 Å². The maximum Gasteiger partial charge on any atom is 0.257 e. The van der Waals surface area contributed by atoms with E-state index in [1.54, 1.807) is 4.90 Å². The van der Waals surface area contributed by atoms with E-state index < -0.39 is 5.60 Å². The molecule has 0 saturated carbocycles. The van der Waals surface area contributed by atoms with Crippen molar-refractivity contribution in [1.29, 1.82) is 0 Å². The fourth-order valence-corrected chi connectivity index (χ4v) is 3.42. The number of amides is 1.